The average Bonchev–Trinajstić information content (AvgIpc) is 2.74. The van der Waals surface area contributed by atoms with Crippen LogP contribution in [0.5, 0.6) is 11.5 Å². The molecular formula is C24H26F6O2. The van der Waals surface area contributed by atoms with E-state index in [9.17, 15) is 26.3 Å². The Kier molecular flexibility index (Phi) is 7.62. The molecule has 0 radical (unpaired) electrons. The molecule has 0 aromatic heterocycles. The smallest absolute Gasteiger partial charge is 0.429 e. The Morgan fingerprint density at radius 2 is 1.47 bits per heavy atom. The summed E-state index contributed by atoms with van der Waals surface area (Å²) in [6.45, 7) is 2.23. The fraction of sp³-hybridized carbons (Fsp3) is 0.500. The lowest BCUT2D eigenvalue weighted by atomic mass is 9.78. The van der Waals surface area contributed by atoms with Crippen molar-refractivity contribution in [2.45, 2.75) is 64.3 Å². The fourth-order valence-corrected chi connectivity index (χ4v) is 4.12. The molecule has 0 saturated heterocycles. The average molecular weight is 460 g/mol. The number of ether oxygens (including phenoxy) is 2. The molecule has 0 spiro atoms. The number of benzene rings is 2. The Bertz CT molecular complexity index is 871. The lowest BCUT2D eigenvalue weighted by molar-refractivity contribution is -0.275. The second-order valence-electron chi connectivity index (χ2n) is 8.29. The molecule has 0 bridgehead atoms. The van der Waals surface area contributed by atoms with E-state index in [0.717, 1.165) is 24.3 Å². The molecule has 176 valence electrons. The van der Waals surface area contributed by atoms with E-state index in [1.807, 2.05) is 0 Å². The molecule has 0 amide bonds. The van der Waals surface area contributed by atoms with Gasteiger partial charge in [-0.05, 0) is 60.6 Å². The molecule has 32 heavy (non-hydrogen) atoms. The lowest BCUT2D eigenvalue weighted by Crippen LogP contribution is -2.23. The normalized spacial score (nSPS) is 19.6. The van der Waals surface area contributed by atoms with Gasteiger partial charge in [0.15, 0.2) is 11.6 Å². The van der Waals surface area contributed by atoms with Crippen LogP contribution in [-0.2, 0) is 12.5 Å². The minimum atomic E-state index is -5.13. The maximum Gasteiger partial charge on any atom is 0.573 e. The highest BCUT2D eigenvalue weighted by molar-refractivity contribution is 5.33. The number of aryl methyl sites for hydroxylation is 1. The van der Waals surface area contributed by atoms with Crippen LogP contribution in [0.25, 0.3) is 0 Å². The van der Waals surface area contributed by atoms with Crippen molar-refractivity contribution in [2.75, 3.05) is 0 Å². The summed E-state index contributed by atoms with van der Waals surface area (Å²) in [5.74, 6) is -1.35. The summed E-state index contributed by atoms with van der Waals surface area (Å²) in [5, 5.41) is 0. The van der Waals surface area contributed by atoms with Gasteiger partial charge in [0.25, 0.3) is 0 Å². The SMILES string of the molecule is CCC1CCC(CCc2ccc(OC(F)(F)c3ccc(OC(F)(F)F)c(F)c3)cc2)CC1. The van der Waals surface area contributed by atoms with Crippen LogP contribution in [0.2, 0.25) is 0 Å². The Morgan fingerprint density at radius 3 is 2.03 bits per heavy atom. The number of hydrogen-bond acceptors (Lipinski definition) is 2. The molecule has 0 unspecified atom stereocenters. The van der Waals surface area contributed by atoms with E-state index in [1.165, 1.54) is 44.2 Å². The highest BCUT2D eigenvalue weighted by Crippen LogP contribution is 2.36. The van der Waals surface area contributed by atoms with Gasteiger partial charge in [0.1, 0.15) is 5.75 Å². The third kappa shape index (κ3) is 6.81. The zero-order valence-electron chi connectivity index (χ0n) is 17.7. The van der Waals surface area contributed by atoms with Gasteiger partial charge in [-0.15, -0.1) is 13.2 Å². The van der Waals surface area contributed by atoms with Crippen LogP contribution in [-0.4, -0.2) is 6.36 Å². The summed E-state index contributed by atoms with van der Waals surface area (Å²) in [6, 6.07) is 7.64. The van der Waals surface area contributed by atoms with Gasteiger partial charge < -0.3 is 9.47 Å². The van der Waals surface area contributed by atoms with Crippen molar-refractivity contribution >= 4 is 0 Å². The number of rotatable bonds is 8. The third-order valence-electron chi connectivity index (χ3n) is 6.05. The van der Waals surface area contributed by atoms with Crippen molar-refractivity contribution in [1.29, 1.82) is 0 Å². The van der Waals surface area contributed by atoms with E-state index in [-0.39, 0.29) is 11.8 Å². The molecule has 2 aromatic rings. The molecule has 8 heteroatoms. The fourth-order valence-electron chi connectivity index (χ4n) is 4.12. The van der Waals surface area contributed by atoms with Crippen LogP contribution in [0.3, 0.4) is 0 Å². The van der Waals surface area contributed by atoms with Gasteiger partial charge in [-0.25, -0.2) is 4.39 Å². The summed E-state index contributed by atoms with van der Waals surface area (Å²) in [4.78, 5) is 0. The van der Waals surface area contributed by atoms with Crippen molar-refractivity contribution in [3.8, 4) is 11.5 Å². The van der Waals surface area contributed by atoms with E-state index in [2.05, 4.69) is 11.7 Å². The molecule has 2 nitrogen and oxygen atoms in total. The van der Waals surface area contributed by atoms with Crippen molar-refractivity contribution < 1.29 is 35.8 Å². The quantitative estimate of drug-likeness (QED) is 0.372. The second-order valence-corrected chi connectivity index (χ2v) is 8.29. The van der Waals surface area contributed by atoms with Crippen molar-refractivity contribution in [1.82, 2.24) is 0 Å². The molecule has 1 aliphatic carbocycles. The highest BCUT2D eigenvalue weighted by atomic mass is 19.4. The van der Waals surface area contributed by atoms with Crippen LogP contribution in [0.15, 0.2) is 42.5 Å². The van der Waals surface area contributed by atoms with Gasteiger partial charge in [0.05, 0.1) is 5.56 Å². The minimum absolute atomic E-state index is 0.127. The van der Waals surface area contributed by atoms with Gasteiger partial charge in [-0.3, -0.25) is 0 Å². The number of hydrogen-bond donors (Lipinski definition) is 0. The van der Waals surface area contributed by atoms with E-state index in [0.29, 0.717) is 18.1 Å². The van der Waals surface area contributed by atoms with Crippen molar-refractivity contribution in [3.63, 3.8) is 0 Å². The van der Waals surface area contributed by atoms with Crippen LogP contribution in [0.4, 0.5) is 26.3 Å². The zero-order chi connectivity index (χ0) is 23.4. The van der Waals surface area contributed by atoms with Crippen LogP contribution >= 0.6 is 0 Å². The summed E-state index contributed by atoms with van der Waals surface area (Å²) >= 11 is 0. The predicted octanol–water partition coefficient (Wildman–Crippen LogP) is 8.00. The molecular weight excluding hydrogens is 434 g/mol. The summed E-state index contributed by atoms with van der Waals surface area (Å²) < 4.78 is 87.3. The monoisotopic (exact) mass is 460 g/mol. The Labute approximate surface area is 183 Å². The zero-order valence-corrected chi connectivity index (χ0v) is 17.7. The molecule has 0 heterocycles. The summed E-state index contributed by atoms with van der Waals surface area (Å²) in [5.41, 5.74) is 0.0919. The van der Waals surface area contributed by atoms with E-state index < -0.39 is 29.6 Å². The topological polar surface area (TPSA) is 18.5 Å². The highest BCUT2D eigenvalue weighted by Gasteiger charge is 2.37. The van der Waals surface area contributed by atoms with E-state index in [4.69, 9.17) is 4.74 Å². The maximum atomic E-state index is 14.4. The van der Waals surface area contributed by atoms with Gasteiger partial charge in [0.2, 0.25) is 0 Å². The molecule has 0 N–H and O–H groups in total. The summed E-state index contributed by atoms with van der Waals surface area (Å²) in [6.07, 6.45) is -0.918. The Morgan fingerprint density at radius 1 is 0.844 bits per heavy atom. The van der Waals surface area contributed by atoms with Crippen molar-refractivity contribution in [3.05, 3.63) is 59.4 Å². The lowest BCUT2D eigenvalue weighted by Gasteiger charge is -2.27. The van der Waals surface area contributed by atoms with Gasteiger partial charge in [-0.1, -0.05) is 51.2 Å². The molecule has 1 saturated carbocycles. The van der Waals surface area contributed by atoms with Crippen LogP contribution in [0, 0.1) is 17.7 Å². The van der Waals surface area contributed by atoms with Crippen LogP contribution < -0.4 is 9.47 Å². The number of halogens is 6. The predicted molar refractivity (Wildman–Crippen MR) is 108 cm³/mol. The first-order valence-corrected chi connectivity index (χ1v) is 10.8. The Balaban J connectivity index is 1.56. The molecule has 0 atom stereocenters. The molecule has 2 aromatic carbocycles. The second kappa shape index (κ2) is 10.0. The van der Waals surface area contributed by atoms with Crippen LogP contribution in [0.1, 0.15) is 56.6 Å². The first kappa shape index (κ1) is 24.3. The first-order chi connectivity index (χ1) is 15.1. The van der Waals surface area contributed by atoms with E-state index in [1.54, 1.807) is 12.1 Å². The van der Waals surface area contributed by atoms with Gasteiger partial charge >= 0.3 is 12.5 Å². The van der Waals surface area contributed by atoms with Gasteiger partial charge in [-0.2, -0.15) is 8.78 Å². The first-order valence-electron chi connectivity index (χ1n) is 10.8. The van der Waals surface area contributed by atoms with Crippen molar-refractivity contribution in [2.24, 2.45) is 11.8 Å². The molecule has 0 aliphatic heterocycles. The number of alkyl halides is 5. The van der Waals surface area contributed by atoms with E-state index >= 15 is 0 Å². The largest absolute Gasteiger partial charge is 0.573 e. The maximum absolute atomic E-state index is 14.4. The van der Waals surface area contributed by atoms with Gasteiger partial charge in [0, 0.05) is 0 Å². The third-order valence-corrected chi connectivity index (χ3v) is 6.05. The summed E-state index contributed by atoms with van der Waals surface area (Å²) in [7, 11) is 0. The molecule has 1 aliphatic rings. The Hall–Kier alpha value is -2.38. The standard InChI is InChI=1S/C24H26F6O2/c1-2-16-3-5-17(6-4-16)7-8-18-9-12-20(13-10-18)31-23(26,27)19-11-14-22(21(25)15-19)32-24(28,29)30/h9-17H,2-8H2,1H3. The molecule has 1 fully saturated rings. The molecule has 3 rings (SSSR count). The minimum Gasteiger partial charge on any atom is -0.429 e.